The van der Waals surface area contributed by atoms with Gasteiger partial charge in [0.25, 0.3) is 0 Å². The zero-order valence-corrected chi connectivity index (χ0v) is 11.1. The summed E-state index contributed by atoms with van der Waals surface area (Å²) in [7, 11) is 0. The highest BCUT2D eigenvalue weighted by atomic mass is 14.2. The summed E-state index contributed by atoms with van der Waals surface area (Å²) in [6, 6.07) is 0. The van der Waals surface area contributed by atoms with Crippen LogP contribution in [-0.2, 0) is 0 Å². The summed E-state index contributed by atoms with van der Waals surface area (Å²) in [5, 5.41) is 0. The molecule has 92 valence electrons. The van der Waals surface area contributed by atoms with Crippen molar-refractivity contribution in [3.8, 4) is 0 Å². The molecule has 0 amide bonds. The molecule has 1 rings (SSSR count). The minimum atomic E-state index is 0.886. The molecule has 0 N–H and O–H groups in total. The highest BCUT2D eigenvalue weighted by molar-refractivity contribution is 4.89. The third kappa shape index (κ3) is 5.53. The van der Waals surface area contributed by atoms with Crippen LogP contribution in [0.3, 0.4) is 0 Å². The Balaban J connectivity index is 2.08. The summed E-state index contributed by atoms with van der Waals surface area (Å²) in [4.78, 5) is 0. The van der Waals surface area contributed by atoms with Crippen molar-refractivity contribution in [1.82, 2.24) is 0 Å². The van der Waals surface area contributed by atoms with Crippen LogP contribution in [-0.4, -0.2) is 0 Å². The first-order valence-electron chi connectivity index (χ1n) is 7.14. The first-order valence-corrected chi connectivity index (χ1v) is 7.14. The zero-order valence-electron chi connectivity index (χ0n) is 11.1. The Morgan fingerprint density at radius 3 is 2.31 bits per heavy atom. The van der Waals surface area contributed by atoms with E-state index in [4.69, 9.17) is 0 Å². The Kier molecular flexibility index (Phi) is 7.29. The summed E-state index contributed by atoms with van der Waals surface area (Å²) in [5.41, 5.74) is 0. The monoisotopic (exact) mass is 220 g/mol. The quantitative estimate of drug-likeness (QED) is 0.518. The van der Waals surface area contributed by atoms with Crippen molar-refractivity contribution < 1.29 is 0 Å². The fourth-order valence-corrected chi connectivity index (χ4v) is 2.68. The topological polar surface area (TPSA) is 0 Å². The highest BCUT2D eigenvalue weighted by Gasteiger charge is 2.18. The molecule has 1 saturated carbocycles. The van der Waals surface area contributed by atoms with Gasteiger partial charge in [-0.2, -0.15) is 0 Å². The maximum absolute atomic E-state index is 2.40. The van der Waals surface area contributed by atoms with Crippen LogP contribution >= 0.6 is 0 Å². The van der Waals surface area contributed by atoms with E-state index in [2.05, 4.69) is 38.2 Å². The van der Waals surface area contributed by atoms with Gasteiger partial charge >= 0.3 is 0 Å². The molecule has 0 saturated heterocycles. The SMILES string of the molecule is C/C=C/C1CCC(CC/C=C/CCC)CC1. The Morgan fingerprint density at radius 1 is 1.00 bits per heavy atom. The van der Waals surface area contributed by atoms with E-state index in [0.29, 0.717) is 0 Å². The average Bonchev–Trinajstić information content (AvgIpc) is 2.31. The smallest absolute Gasteiger partial charge is 0.0233 e. The van der Waals surface area contributed by atoms with Crippen molar-refractivity contribution in [2.45, 2.75) is 65.2 Å². The predicted octanol–water partition coefficient (Wildman–Crippen LogP) is 5.51. The van der Waals surface area contributed by atoms with E-state index in [1.165, 1.54) is 51.4 Å². The largest absolute Gasteiger partial charge is 0.0914 e. The van der Waals surface area contributed by atoms with Crippen molar-refractivity contribution in [3.05, 3.63) is 24.3 Å². The van der Waals surface area contributed by atoms with E-state index in [1.54, 1.807) is 0 Å². The molecule has 0 aromatic heterocycles. The van der Waals surface area contributed by atoms with Gasteiger partial charge in [-0.1, -0.05) is 37.6 Å². The standard InChI is InChI=1S/C16H28/c1-3-5-6-7-8-10-16-13-11-15(9-4-2)12-14-16/h4,6-7,9,15-16H,3,5,8,10-14H2,1-2H3/b7-6+,9-4+. The molecular weight excluding hydrogens is 192 g/mol. The van der Waals surface area contributed by atoms with E-state index in [9.17, 15) is 0 Å². The summed E-state index contributed by atoms with van der Waals surface area (Å²) in [6.07, 6.45) is 20.4. The molecule has 1 aliphatic rings. The fraction of sp³-hybridized carbons (Fsp3) is 0.750. The van der Waals surface area contributed by atoms with Gasteiger partial charge in [-0.05, 0) is 63.7 Å². The van der Waals surface area contributed by atoms with Gasteiger partial charge in [0.2, 0.25) is 0 Å². The molecule has 16 heavy (non-hydrogen) atoms. The van der Waals surface area contributed by atoms with Crippen molar-refractivity contribution in [2.24, 2.45) is 11.8 Å². The normalized spacial score (nSPS) is 26.9. The molecule has 0 unspecified atom stereocenters. The van der Waals surface area contributed by atoms with Crippen molar-refractivity contribution >= 4 is 0 Å². The average molecular weight is 220 g/mol. The van der Waals surface area contributed by atoms with E-state index in [-0.39, 0.29) is 0 Å². The molecule has 0 bridgehead atoms. The molecule has 0 heteroatoms. The maximum Gasteiger partial charge on any atom is -0.0233 e. The minimum Gasteiger partial charge on any atom is -0.0914 e. The van der Waals surface area contributed by atoms with Crippen LogP contribution in [0.25, 0.3) is 0 Å². The molecule has 0 radical (unpaired) electrons. The van der Waals surface area contributed by atoms with Crippen LogP contribution in [0.4, 0.5) is 0 Å². The van der Waals surface area contributed by atoms with Crippen LogP contribution in [0.15, 0.2) is 24.3 Å². The number of rotatable bonds is 6. The Bertz CT molecular complexity index is 204. The Morgan fingerprint density at radius 2 is 1.69 bits per heavy atom. The number of unbranched alkanes of at least 4 members (excludes halogenated alkanes) is 1. The lowest BCUT2D eigenvalue weighted by Gasteiger charge is -2.26. The maximum atomic E-state index is 2.40. The highest BCUT2D eigenvalue weighted by Crippen LogP contribution is 2.32. The Hall–Kier alpha value is -0.520. The van der Waals surface area contributed by atoms with E-state index < -0.39 is 0 Å². The van der Waals surface area contributed by atoms with E-state index in [1.807, 2.05) is 0 Å². The van der Waals surface area contributed by atoms with Crippen molar-refractivity contribution in [2.75, 3.05) is 0 Å². The molecule has 1 aliphatic carbocycles. The van der Waals surface area contributed by atoms with Gasteiger partial charge in [0.05, 0.1) is 0 Å². The van der Waals surface area contributed by atoms with Crippen molar-refractivity contribution in [3.63, 3.8) is 0 Å². The second kappa shape index (κ2) is 8.61. The second-order valence-corrected chi connectivity index (χ2v) is 5.14. The van der Waals surface area contributed by atoms with Crippen LogP contribution < -0.4 is 0 Å². The summed E-state index contributed by atoms with van der Waals surface area (Å²) in [6.45, 7) is 4.39. The fourth-order valence-electron chi connectivity index (χ4n) is 2.68. The predicted molar refractivity (Wildman–Crippen MR) is 73.5 cm³/mol. The van der Waals surface area contributed by atoms with Crippen LogP contribution in [0.5, 0.6) is 0 Å². The first-order chi connectivity index (χ1) is 7.86. The van der Waals surface area contributed by atoms with Crippen LogP contribution in [0, 0.1) is 11.8 Å². The van der Waals surface area contributed by atoms with Gasteiger partial charge in [-0.25, -0.2) is 0 Å². The number of allylic oxidation sites excluding steroid dienone is 4. The van der Waals surface area contributed by atoms with Gasteiger partial charge in [0.1, 0.15) is 0 Å². The first kappa shape index (κ1) is 13.5. The van der Waals surface area contributed by atoms with Crippen LogP contribution in [0.1, 0.15) is 65.2 Å². The summed E-state index contributed by atoms with van der Waals surface area (Å²) >= 11 is 0. The molecule has 1 fully saturated rings. The number of hydrogen-bond donors (Lipinski definition) is 0. The minimum absolute atomic E-state index is 0.886. The van der Waals surface area contributed by atoms with Gasteiger partial charge in [0.15, 0.2) is 0 Å². The number of hydrogen-bond acceptors (Lipinski definition) is 0. The lowest BCUT2D eigenvalue weighted by molar-refractivity contribution is 0.297. The van der Waals surface area contributed by atoms with Gasteiger partial charge in [-0.15, -0.1) is 0 Å². The van der Waals surface area contributed by atoms with Crippen LogP contribution in [0.2, 0.25) is 0 Å². The Labute approximate surface area is 102 Å². The molecule has 0 spiro atoms. The van der Waals surface area contributed by atoms with Crippen molar-refractivity contribution in [1.29, 1.82) is 0 Å². The molecule has 0 aromatic rings. The van der Waals surface area contributed by atoms with E-state index in [0.717, 1.165) is 11.8 Å². The molecule has 0 heterocycles. The van der Waals surface area contributed by atoms with Gasteiger partial charge in [-0.3, -0.25) is 0 Å². The molecule has 0 nitrogen and oxygen atoms in total. The third-order valence-corrected chi connectivity index (χ3v) is 3.72. The lowest BCUT2D eigenvalue weighted by Crippen LogP contribution is -2.12. The zero-order chi connectivity index (χ0) is 11.6. The lowest BCUT2D eigenvalue weighted by atomic mass is 9.80. The molecule has 0 aromatic carbocycles. The third-order valence-electron chi connectivity index (χ3n) is 3.72. The molecule has 0 atom stereocenters. The second-order valence-electron chi connectivity index (χ2n) is 5.14. The molecule has 0 aliphatic heterocycles. The van der Waals surface area contributed by atoms with Gasteiger partial charge in [0, 0.05) is 0 Å². The van der Waals surface area contributed by atoms with Gasteiger partial charge < -0.3 is 0 Å². The van der Waals surface area contributed by atoms with E-state index >= 15 is 0 Å². The summed E-state index contributed by atoms with van der Waals surface area (Å²) in [5.74, 6) is 1.89. The molecular formula is C16H28. The summed E-state index contributed by atoms with van der Waals surface area (Å²) < 4.78 is 0.